The van der Waals surface area contributed by atoms with Gasteiger partial charge in [0.25, 0.3) is 5.91 Å². The zero-order chi connectivity index (χ0) is 11.3. The van der Waals surface area contributed by atoms with E-state index in [1.165, 1.54) is 6.20 Å². The summed E-state index contributed by atoms with van der Waals surface area (Å²) < 4.78 is 0. The summed E-state index contributed by atoms with van der Waals surface area (Å²) >= 11 is 0. The van der Waals surface area contributed by atoms with Crippen molar-refractivity contribution >= 4 is 11.9 Å². The van der Waals surface area contributed by atoms with Gasteiger partial charge in [0, 0.05) is 11.8 Å². The molecule has 0 aromatic heterocycles. The predicted octanol–water partition coefficient (Wildman–Crippen LogP) is 1.36. The fraction of sp³-hybridized carbons (Fsp3) is 0.0909. The van der Waals surface area contributed by atoms with E-state index in [2.05, 4.69) is 6.58 Å². The van der Waals surface area contributed by atoms with Crippen LogP contribution in [0.3, 0.4) is 0 Å². The first-order valence-electron chi connectivity index (χ1n) is 4.35. The number of aliphatic carboxylic acids is 1. The molecule has 0 aliphatic rings. The van der Waals surface area contributed by atoms with Gasteiger partial charge in [-0.15, -0.1) is 0 Å². The third-order valence-electron chi connectivity index (χ3n) is 1.81. The third kappa shape index (κ3) is 2.95. The van der Waals surface area contributed by atoms with Crippen molar-refractivity contribution in [2.24, 2.45) is 0 Å². The van der Waals surface area contributed by atoms with E-state index in [-0.39, 0.29) is 12.5 Å². The first-order valence-corrected chi connectivity index (χ1v) is 4.35. The van der Waals surface area contributed by atoms with Crippen molar-refractivity contribution in [2.75, 3.05) is 6.54 Å². The van der Waals surface area contributed by atoms with Crippen molar-refractivity contribution in [3.05, 3.63) is 48.7 Å². The van der Waals surface area contributed by atoms with Crippen molar-refractivity contribution in [1.82, 2.24) is 4.90 Å². The zero-order valence-electron chi connectivity index (χ0n) is 8.09. The summed E-state index contributed by atoms with van der Waals surface area (Å²) in [6.07, 6.45) is 1.21. The van der Waals surface area contributed by atoms with Gasteiger partial charge >= 0.3 is 5.97 Å². The molecule has 4 heteroatoms. The Hall–Kier alpha value is -2.10. The summed E-state index contributed by atoms with van der Waals surface area (Å²) in [5, 5.41) is 8.57. The van der Waals surface area contributed by atoms with Crippen molar-refractivity contribution in [2.45, 2.75) is 0 Å². The minimum atomic E-state index is -1.07. The molecular weight excluding hydrogens is 194 g/mol. The average Bonchev–Trinajstić information content (AvgIpc) is 2.26. The molecule has 0 radical (unpaired) electrons. The number of hydrogen-bond donors (Lipinski definition) is 1. The van der Waals surface area contributed by atoms with Crippen molar-refractivity contribution in [3.8, 4) is 0 Å². The van der Waals surface area contributed by atoms with E-state index >= 15 is 0 Å². The van der Waals surface area contributed by atoms with Crippen LogP contribution in [0.15, 0.2) is 43.1 Å². The van der Waals surface area contributed by atoms with E-state index in [9.17, 15) is 9.59 Å². The fourth-order valence-corrected chi connectivity index (χ4v) is 1.11. The predicted molar refractivity (Wildman–Crippen MR) is 55.3 cm³/mol. The van der Waals surface area contributed by atoms with Gasteiger partial charge in [0.1, 0.15) is 6.54 Å². The molecule has 1 amide bonds. The van der Waals surface area contributed by atoms with E-state index in [0.29, 0.717) is 5.56 Å². The molecule has 0 bridgehead atoms. The van der Waals surface area contributed by atoms with Crippen LogP contribution in [0.1, 0.15) is 10.4 Å². The number of carbonyl (C=O) groups is 2. The van der Waals surface area contributed by atoms with Crippen molar-refractivity contribution < 1.29 is 14.7 Å². The Kier molecular flexibility index (Phi) is 3.62. The number of carbonyl (C=O) groups excluding carboxylic acids is 1. The fourth-order valence-electron chi connectivity index (χ4n) is 1.11. The first kappa shape index (κ1) is 11.0. The number of nitrogens with zero attached hydrogens (tertiary/aromatic N) is 1. The molecule has 1 aromatic rings. The molecule has 15 heavy (non-hydrogen) atoms. The molecule has 4 nitrogen and oxygen atoms in total. The van der Waals surface area contributed by atoms with Gasteiger partial charge in [-0.3, -0.25) is 9.59 Å². The monoisotopic (exact) mass is 205 g/mol. The highest BCUT2D eigenvalue weighted by molar-refractivity contribution is 5.96. The number of rotatable bonds is 4. The molecule has 0 saturated carbocycles. The van der Waals surface area contributed by atoms with Crippen LogP contribution in [0, 0.1) is 0 Å². The lowest BCUT2D eigenvalue weighted by molar-refractivity contribution is -0.137. The van der Waals surface area contributed by atoms with Gasteiger partial charge in [-0.2, -0.15) is 0 Å². The highest BCUT2D eigenvalue weighted by Gasteiger charge is 2.14. The lowest BCUT2D eigenvalue weighted by Gasteiger charge is -2.15. The quantitative estimate of drug-likeness (QED) is 0.807. The molecule has 0 unspecified atom stereocenters. The zero-order valence-corrected chi connectivity index (χ0v) is 8.09. The van der Waals surface area contributed by atoms with Gasteiger partial charge in [-0.05, 0) is 12.1 Å². The summed E-state index contributed by atoms with van der Waals surface area (Å²) in [6, 6.07) is 8.47. The molecule has 0 aliphatic carbocycles. The van der Waals surface area contributed by atoms with Gasteiger partial charge in [0.2, 0.25) is 0 Å². The van der Waals surface area contributed by atoms with Crippen LogP contribution in [0.5, 0.6) is 0 Å². The minimum absolute atomic E-state index is 0.368. The van der Waals surface area contributed by atoms with Crippen LogP contribution < -0.4 is 0 Å². The van der Waals surface area contributed by atoms with E-state index in [1.807, 2.05) is 0 Å². The van der Waals surface area contributed by atoms with E-state index in [0.717, 1.165) is 4.90 Å². The topological polar surface area (TPSA) is 57.6 Å². The van der Waals surface area contributed by atoms with Gasteiger partial charge in [-0.25, -0.2) is 0 Å². The number of benzene rings is 1. The number of carboxylic acid groups (broad SMARTS) is 1. The molecule has 0 atom stereocenters. The standard InChI is InChI=1S/C11H11NO3/c1-2-12(8-10(13)14)11(15)9-6-4-3-5-7-9/h2-7H,1,8H2,(H,13,14). The molecule has 0 spiro atoms. The Labute approximate surface area is 87.4 Å². The highest BCUT2D eigenvalue weighted by Crippen LogP contribution is 2.04. The summed E-state index contributed by atoms with van der Waals surface area (Å²) in [6.45, 7) is 3.02. The SMILES string of the molecule is C=CN(CC(=O)O)C(=O)c1ccccc1. The molecule has 0 saturated heterocycles. The first-order chi connectivity index (χ1) is 7.15. The van der Waals surface area contributed by atoms with Crippen molar-refractivity contribution in [1.29, 1.82) is 0 Å². The Morgan fingerprint density at radius 3 is 2.40 bits per heavy atom. The molecule has 1 rings (SSSR count). The molecule has 78 valence electrons. The van der Waals surface area contributed by atoms with Crippen LogP contribution in [0.2, 0.25) is 0 Å². The summed E-state index contributed by atoms with van der Waals surface area (Å²) in [4.78, 5) is 23.2. The van der Waals surface area contributed by atoms with Crippen LogP contribution in [-0.4, -0.2) is 28.4 Å². The van der Waals surface area contributed by atoms with Crippen LogP contribution in [0.4, 0.5) is 0 Å². The van der Waals surface area contributed by atoms with E-state index < -0.39 is 5.97 Å². The van der Waals surface area contributed by atoms with Gasteiger partial charge in [-0.1, -0.05) is 24.8 Å². The summed E-state index contributed by atoms with van der Waals surface area (Å²) in [7, 11) is 0. The van der Waals surface area contributed by atoms with Gasteiger partial charge in [0.05, 0.1) is 0 Å². The number of carboxylic acids is 1. The number of amides is 1. The van der Waals surface area contributed by atoms with Crippen LogP contribution in [-0.2, 0) is 4.79 Å². The van der Waals surface area contributed by atoms with Crippen molar-refractivity contribution in [3.63, 3.8) is 0 Å². The number of hydrogen-bond acceptors (Lipinski definition) is 2. The van der Waals surface area contributed by atoms with Gasteiger partial charge in [0.15, 0.2) is 0 Å². The van der Waals surface area contributed by atoms with E-state index in [4.69, 9.17) is 5.11 Å². The Bertz CT molecular complexity index is 373. The smallest absolute Gasteiger partial charge is 0.323 e. The molecule has 0 fully saturated rings. The highest BCUT2D eigenvalue weighted by atomic mass is 16.4. The maximum Gasteiger partial charge on any atom is 0.323 e. The second kappa shape index (κ2) is 4.95. The summed E-state index contributed by atoms with van der Waals surface area (Å²) in [5.41, 5.74) is 0.443. The van der Waals surface area contributed by atoms with E-state index in [1.54, 1.807) is 30.3 Å². The maximum atomic E-state index is 11.7. The Balaban J connectivity index is 2.82. The molecule has 1 aromatic carbocycles. The Morgan fingerprint density at radius 2 is 1.93 bits per heavy atom. The van der Waals surface area contributed by atoms with Crippen LogP contribution >= 0.6 is 0 Å². The minimum Gasteiger partial charge on any atom is -0.480 e. The largest absolute Gasteiger partial charge is 0.480 e. The second-order valence-electron chi connectivity index (χ2n) is 2.88. The second-order valence-corrected chi connectivity index (χ2v) is 2.88. The van der Waals surface area contributed by atoms with Crippen LogP contribution in [0.25, 0.3) is 0 Å². The normalized spacial score (nSPS) is 9.33. The Morgan fingerprint density at radius 1 is 1.33 bits per heavy atom. The molecule has 1 N–H and O–H groups in total. The molecular formula is C11H11NO3. The third-order valence-corrected chi connectivity index (χ3v) is 1.81. The average molecular weight is 205 g/mol. The summed E-state index contributed by atoms with van der Waals surface area (Å²) in [5.74, 6) is -1.44. The lowest BCUT2D eigenvalue weighted by atomic mass is 10.2. The molecule has 0 heterocycles. The maximum absolute atomic E-state index is 11.7. The van der Waals surface area contributed by atoms with Gasteiger partial charge < -0.3 is 10.0 Å². The molecule has 0 aliphatic heterocycles. The lowest BCUT2D eigenvalue weighted by Crippen LogP contribution is -2.30.